The van der Waals surface area contributed by atoms with E-state index >= 15 is 0 Å². The third kappa shape index (κ3) is 3.47. The zero-order valence-electron chi connectivity index (χ0n) is 13.4. The number of aromatic hydroxyl groups is 1. The number of likely N-dealkylation sites (tertiary alicyclic amines) is 1. The predicted octanol–water partition coefficient (Wildman–Crippen LogP) is 4.07. The fourth-order valence-corrected chi connectivity index (χ4v) is 2.98. The molecule has 0 spiro atoms. The van der Waals surface area contributed by atoms with Gasteiger partial charge in [0.05, 0.1) is 11.3 Å². The zero-order valence-corrected chi connectivity index (χ0v) is 13.4. The van der Waals surface area contributed by atoms with E-state index in [1.165, 1.54) is 6.42 Å². The van der Waals surface area contributed by atoms with Crippen molar-refractivity contribution in [2.75, 3.05) is 18.4 Å². The molecule has 0 aliphatic carbocycles. The summed E-state index contributed by atoms with van der Waals surface area (Å²) in [5.74, 6) is 0.329. The van der Waals surface area contributed by atoms with Crippen LogP contribution in [0.5, 0.6) is 5.75 Å². The summed E-state index contributed by atoms with van der Waals surface area (Å²) in [6.45, 7) is 3.61. The molecule has 0 aromatic heterocycles. The van der Waals surface area contributed by atoms with Gasteiger partial charge in [0.2, 0.25) is 0 Å². The number of nitrogens with one attached hydrogen (secondary N) is 1. The summed E-state index contributed by atoms with van der Waals surface area (Å²) in [6, 6.07) is 12.8. The van der Waals surface area contributed by atoms with Crippen LogP contribution in [0.25, 0.3) is 0 Å². The normalized spacial score (nSPS) is 14.6. The Morgan fingerprint density at radius 2 is 1.78 bits per heavy atom. The Hall–Kier alpha value is -2.49. The average Bonchev–Trinajstić information content (AvgIpc) is 2.58. The fourth-order valence-electron chi connectivity index (χ4n) is 2.98. The maximum atomic E-state index is 12.8. The van der Waals surface area contributed by atoms with E-state index in [0.717, 1.165) is 42.9 Å². The van der Waals surface area contributed by atoms with Crippen molar-refractivity contribution in [2.45, 2.75) is 26.2 Å². The number of anilines is 2. The monoisotopic (exact) mass is 310 g/mol. The van der Waals surface area contributed by atoms with Crippen molar-refractivity contribution in [3.05, 3.63) is 53.6 Å². The molecule has 0 saturated carbocycles. The molecule has 0 bridgehead atoms. The molecule has 0 unspecified atom stereocenters. The number of hydrogen-bond donors (Lipinski definition) is 2. The van der Waals surface area contributed by atoms with E-state index in [4.69, 9.17) is 0 Å². The topological polar surface area (TPSA) is 52.6 Å². The molecule has 2 aromatic carbocycles. The van der Waals surface area contributed by atoms with Gasteiger partial charge in [0, 0.05) is 18.8 Å². The van der Waals surface area contributed by atoms with Crippen LogP contribution in [0.3, 0.4) is 0 Å². The summed E-state index contributed by atoms with van der Waals surface area (Å²) in [5.41, 5.74) is 3.32. The Kier molecular flexibility index (Phi) is 4.51. The van der Waals surface area contributed by atoms with Crippen LogP contribution >= 0.6 is 0 Å². The Morgan fingerprint density at radius 1 is 1.04 bits per heavy atom. The van der Waals surface area contributed by atoms with Gasteiger partial charge < -0.3 is 15.3 Å². The number of rotatable bonds is 3. The zero-order chi connectivity index (χ0) is 16.2. The second-order valence-electron chi connectivity index (χ2n) is 6.02. The average molecular weight is 310 g/mol. The molecule has 2 aromatic rings. The minimum atomic E-state index is 0.0873. The molecule has 1 heterocycles. The lowest BCUT2D eigenvalue weighted by Gasteiger charge is -2.27. The molecule has 1 saturated heterocycles. The Bertz CT molecular complexity index is 706. The van der Waals surface area contributed by atoms with Gasteiger partial charge >= 0.3 is 0 Å². The first-order valence-corrected chi connectivity index (χ1v) is 8.10. The third-order valence-corrected chi connectivity index (χ3v) is 4.28. The van der Waals surface area contributed by atoms with Crippen LogP contribution in [-0.4, -0.2) is 29.0 Å². The molecule has 4 heteroatoms. The van der Waals surface area contributed by atoms with Crippen LogP contribution in [0.1, 0.15) is 35.2 Å². The smallest absolute Gasteiger partial charge is 0.255 e. The molecule has 0 radical (unpaired) electrons. The van der Waals surface area contributed by atoms with E-state index < -0.39 is 0 Å². The summed E-state index contributed by atoms with van der Waals surface area (Å²) in [7, 11) is 0. The van der Waals surface area contributed by atoms with E-state index in [2.05, 4.69) is 5.32 Å². The van der Waals surface area contributed by atoms with Gasteiger partial charge in [-0.2, -0.15) is 0 Å². The minimum Gasteiger partial charge on any atom is -0.508 e. The molecular weight excluding hydrogens is 288 g/mol. The predicted molar refractivity (Wildman–Crippen MR) is 92.3 cm³/mol. The van der Waals surface area contributed by atoms with Gasteiger partial charge in [-0.15, -0.1) is 0 Å². The number of nitrogens with zero attached hydrogens (tertiary/aromatic N) is 1. The molecule has 1 amide bonds. The first-order chi connectivity index (χ1) is 11.1. The Morgan fingerprint density at radius 3 is 2.52 bits per heavy atom. The standard InChI is InChI=1S/C19H22N2O2/c1-14-13-15(22)9-10-17(14)20-18-8-4-3-7-16(18)19(23)21-11-5-2-6-12-21/h3-4,7-10,13,20,22H,2,5-6,11-12H2,1H3. The van der Waals surface area contributed by atoms with Crippen LogP contribution in [0.2, 0.25) is 0 Å². The second-order valence-corrected chi connectivity index (χ2v) is 6.02. The number of aryl methyl sites for hydroxylation is 1. The van der Waals surface area contributed by atoms with Crippen molar-refractivity contribution in [3.8, 4) is 5.75 Å². The van der Waals surface area contributed by atoms with Crippen molar-refractivity contribution in [1.29, 1.82) is 0 Å². The fraction of sp³-hybridized carbons (Fsp3) is 0.316. The van der Waals surface area contributed by atoms with Gasteiger partial charge in [0.25, 0.3) is 5.91 Å². The number of carbonyl (C=O) groups is 1. The number of carbonyl (C=O) groups excluding carboxylic acids is 1. The Balaban J connectivity index is 1.86. The SMILES string of the molecule is Cc1cc(O)ccc1Nc1ccccc1C(=O)N1CCCCC1. The third-order valence-electron chi connectivity index (χ3n) is 4.28. The van der Waals surface area contributed by atoms with Gasteiger partial charge in [-0.1, -0.05) is 12.1 Å². The molecule has 120 valence electrons. The first-order valence-electron chi connectivity index (χ1n) is 8.10. The van der Waals surface area contributed by atoms with Gasteiger partial charge in [-0.3, -0.25) is 4.79 Å². The van der Waals surface area contributed by atoms with Crippen LogP contribution in [0, 0.1) is 6.92 Å². The van der Waals surface area contributed by atoms with Crippen molar-refractivity contribution in [3.63, 3.8) is 0 Å². The molecule has 1 aliphatic heterocycles. The molecule has 2 N–H and O–H groups in total. The van der Waals surface area contributed by atoms with Gasteiger partial charge in [0.1, 0.15) is 5.75 Å². The number of phenols is 1. The lowest BCUT2D eigenvalue weighted by atomic mass is 10.1. The quantitative estimate of drug-likeness (QED) is 0.840. The Labute approximate surface area is 136 Å². The lowest BCUT2D eigenvalue weighted by Crippen LogP contribution is -2.35. The number of amides is 1. The van der Waals surface area contributed by atoms with Crippen LogP contribution in [0.15, 0.2) is 42.5 Å². The van der Waals surface area contributed by atoms with E-state index in [9.17, 15) is 9.90 Å². The van der Waals surface area contributed by atoms with Crippen molar-refractivity contribution < 1.29 is 9.90 Å². The minimum absolute atomic E-state index is 0.0873. The number of piperidine rings is 1. The number of benzene rings is 2. The molecule has 1 fully saturated rings. The van der Waals surface area contributed by atoms with Crippen LogP contribution in [0.4, 0.5) is 11.4 Å². The van der Waals surface area contributed by atoms with Crippen LogP contribution < -0.4 is 5.32 Å². The molecule has 3 rings (SSSR count). The highest BCUT2D eigenvalue weighted by molar-refractivity contribution is 6.00. The van der Waals surface area contributed by atoms with Gasteiger partial charge in [-0.05, 0) is 62.1 Å². The summed E-state index contributed by atoms with van der Waals surface area (Å²) in [4.78, 5) is 14.7. The maximum absolute atomic E-state index is 12.8. The number of phenolic OH excluding ortho intramolecular Hbond substituents is 1. The molecule has 1 aliphatic rings. The van der Waals surface area contributed by atoms with E-state index in [1.54, 1.807) is 12.1 Å². The molecule has 23 heavy (non-hydrogen) atoms. The highest BCUT2D eigenvalue weighted by Crippen LogP contribution is 2.27. The lowest BCUT2D eigenvalue weighted by molar-refractivity contribution is 0.0725. The van der Waals surface area contributed by atoms with Gasteiger partial charge in [0.15, 0.2) is 0 Å². The molecule has 0 atom stereocenters. The molecular formula is C19H22N2O2. The first kappa shape index (κ1) is 15.4. The van der Waals surface area contributed by atoms with E-state index in [-0.39, 0.29) is 11.7 Å². The van der Waals surface area contributed by atoms with E-state index in [0.29, 0.717) is 5.56 Å². The van der Waals surface area contributed by atoms with E-state index in [1.807, 2.05) is 42.2 Å². The van der Waals surface area contributed by atoms with Crippen molar-refractivity contribution in [2.24, 2.45) is 0 Å². The largest absolute Gasteiger partial charge is 0.508 e. The van der Waals surface area contributed by atoms with Crippen LogP contribution in [-0.2, 0) is 0 Å². The summed E-state index contributed by atoms with van der Waals surface area (Å²) >= 11 is 0. The second kappa shape index (κ2) is 6.73. The highest BCUT2D eigenvalue weighted by Gasteiger charge is 2.20. The molecule has 4 nitrogen and oxygen atoms in total. The van der Waals surface area contributed by atoms with Crippen molar-refractivity contribution >= 4 is 17.3 Å². The summed E-state index contributed by atoms with van der Waals surface area (Å²) in [6.07, 6.45) is 3.37. The van der Waals surface area contributed by atoms with Crippen molar-refractivity contribution in [1.82, 2.24) is 4.90 Å². The summed E-state index contributed by atoms with van der Waals surface area (Å²) < 4.78 is 0. The number of para-hydroxylation sites is 1. The number of hydrogen-bond acceptors (Lipinski definition) is 3. The maximum Gasteiger partial charge on any atom is 0.255 e. The van der Waals surface area contributed by atoms with Gasteiger partial charge in [-0.25, -0.2) is 0 Å². The summed E-state index contributed by atoms with van der Waals surface area (Å²) in [5, 5.41) is 12.9. The highest BCUT2D eigenvalue weighted by atomic mass is 16.3.